The molecule has 1 nitrogen and oxygen atoms in total. The first-order chi connectivity index (χ1) is 8.56. The minimum Gasteiger partial charge on any atom is -0.294 e. The van der Waals surface area contributed by atoms with Crippen LogP contribution in [0.4, 0.5) is 0 Å². The van der Waals surface area contributed by atoms with Gasteiger partial charge in [0.05, 0.1) is 0 Å². The number of benzene rings is 2. The zero-order valence-electron chi connectivity index (χ0n) is 9.91. The number of halogens is 2. The van der Waals surface area contributed by atoms with Crippen molar-refractivity contribution in [1.82, 2.24) is 0 Å². The Kier molecular flexibility index (Phi) is 4.56. The quantitative estimate of drug-likeness (QED) is 0.521. The molecule has 0 N–H and O–H groups in total. The van der Waals surface area contributed by atoms with Gasteiger partial charge in [0.1, 0.15) is 0 Å². The summed E-state index contributed by atoms with van der Waals surface area (Å²) in [6.07, 6.45) is 0.445. The molecule has 2 aromatic rings. The molecule has 0 saturated heterocycles. The molecular formula is C15H12BrIO. The molecule has 0 unspecified atom stereocenters. The monoisotopic (exact) mass is 414 g/mol. The predicted octanol–water partition coefficient (Wildman–Crippen LogP) is 4.79. The van der Waals surface area contributed by atoms with Gasteiger partial charge in [-0.1, -0.05) is 45.8 Å². The van der Waals surface area contributed by atoms with E-state index in [2.05, 4.69) is 44.6 Å². The van der Waals surface area contributed by atoms with Gasteiger partial charge in [0, 0.05) is 20.0 Å². The summed E-state index contributed by atoms with van der Waals surface area (Å²) < 4.78 is 1.93. The van der Waals surface area contributed by atoms with E-state index in [4.69, 9.17) is 0 Å². The summed E-state index contributed by atoms with van der Waals surface area (Å²) in [5, 5.41) is 0. The molecule has 0 radical (unpaired) electrons. The molecule has 0 heterocycles. The molecule has 0 bridgehead atoms. The summed E-state index contributed by atoms with van der Waals surface area (Å²) >= 11 is 5.65. The fourth-order valence-corrected chi connectivity index (χ4v) is 2.77. The van der Waals surface area contributed by atoms with Crippen molar-refractivity contribution in [1.29, 1.82) is 0 Å². The van der Waals surface area contributed by atoms with E-state index in [0.29, 0.717) is 6.42 Å². The van der Waals surface area contributed by atoms with Crippen LogP contribution >= 0.6 is 38.5 Å². The van der Waals surface area contributed by atoms with Crippen molar-refractivity contribution in [3.8, 4) is 0 Å². The van der Waals surface area contributed by atoms with Crippen molar-refractivity contribution < 1.29 is 4.79 Å². The number of aryl methyl sites for hydroxylation is 1. The number of hydrogen-bond acceptors (Lipinski definition) is 1. The average Bonchev–Trinajstić information content (AvgIpc) is 2.32. The Morgan fingerprint density at radius 1 is 1.22 bits per heavy atom. The van der Waals surface area contributed by atoms with Crippen LogP contribution in [0.3, 0.4) is 0 Å². The van der Waals surface area contributed by atoms with Crippen molar-refractivity contribution >= 4 is 44.3 Å². The van der Waals surface area contributed by atoms with Gasteiger partial charge in [-0.25, -0.2) is 0 Å². The van der Waals surface area contributed by atoms with Crippen molar-refractivity contribution in [2.24, 2.45) is 0 Å². The summed E-state index contributed by atoms with van der Waals surface area (Å²) in [4.78, 5) is 12.3. The first-order valence-electron chi connectivity index (χ1n) is 5.60. The third-order valence-electron chi connectivity index (χ3n) is 2.68. The summed E-state index contributed by atoms with van der Waals surface area (Å²) in [6.45, 7) is 2.04. The SMILES string of the molecule is Cc1cccc(CC(=O)c2cc(I)ccc2Br)c1. The van der Waals surface area contributed by atoms with E-state index in [0.717, 1.165) is 19.2 Å². The topological polar surface area (TPSA) is 17.1 Å². The number of hydrogen-bond donors (Lipinski definition) is 0. The minimum atomic E-state index is 0.144. The summed E-state index contributed by atoms with van der Waals surface area (Å²) in [5.41, 5.74) is 3.00. The number of rotatable bonds is 3. The Balaban J connectivity index is 2.24. The van der Waals surface area contributed by atoms with E-state index in [-0.39, 0.29) is 5.78 Å². The molecule has 0 fully saturated rings. The van der Waals surface area contributed by atoms with Crippen molar-refractivity contribution in [2.45, 2.75) is 13.3 Å². The molecular weight excluding hydrogens is 403 g/mol. The predicted molar refractivity (Wildman–Crippen MR) is 86.1 cm³/mol. The highest BCUT2D eigenvalue weighted by molar-refractivity contribution is 14.1. The third-order valence-corrected chi connectivity index (χ3v) is 4.04. The first-order valence-corrected chi connectivity index (χ1v) is 7.47. The van der Waals surface area contributed by atoms with Crippen molar-refractivity contribution in [3.63, 3.8) is 0 Å². The number of Topliss-reactive ketones (excluding diaryl/α,β-unsaturated/α-hetero) is 1. The molecule has 92 valence electrons. The highest BCUT2D eigenvalue weighted by Gasteiger charge is 2.11. The fourth-order valence-electron chi connectivity index (χ4n) is 1.81. The maximum absolute atomic E-state index is 12.3. The van der Waals surface area contributed by atoms with Gasteiger partial charge in [0.15, 0.2) is 5.78 Å². The Morgan fingerprint density at radius 3 is 2.72 bits per heavy atom. The van der Waals surface area contributed by atoms with E-state index >= 15 is 0 Å². The van der Waals surface area contributed by atoms with Gasteiger partial charge in [-0.2, -0.15) is 0 Å². The second-order valence-corrected chi connectivity index (χ2v) is 6.31. The zero-order chi connectivity index (χ0) is 13.1. The fraction of sp³-hybridized carbons (Fsp3) is 0.133. The molecule has 2 aromatic carbocycles. The van der Waals surface area contributed by atoms with E-state index in [1.165, 1.54) is 5.56 Å². The van der Waals surface area contributed by atoms with Gasteiger partial charge < -0.3 is 0 Å². The largest absolute Gasteiger partial charge is 0.294 e. The number of carbonyl (C=O) groups excluding carboxylic acids is 1. The van der Waals surface area contributed by atoms with Crippen LogP contribution in [0, 0.1) is 10.5 Å². The molecule has 18 heavy (non-hydrogen) atoms. The van der Waals surface area contributed by atoms with Gasteiger partial charge in [0.25, 0.3) is 0 Å². The second kappa shape index (κ2) is 5.97. The molecule has 3 heteroatoms. The Morgan fingerprint density at radius 2 is 2.00 bits per heavy atom. The summed E-state index contributed by atoms with van der Waals surface area (Å²) in [5.74, 6) is 0.144. The summed E-state index contributed by atoms with van der Waals surface area (Å²) in [7, 11) is 0. The van der Waals surface area contributed by atoms with E-state index in [9.17, 15) is 4.79 Å². The van der Waals surface area contributed by atoms with Crippen LogP contribution in [-0.2, 0) is 6.42 Å². The number of carbonyl (C=O) groups is 1. The van der Waals surface area contributed by atoms with Gasteiger partial charge in [-0.15, -0.1) is 0 Å². The maximum atomic E-state index is 12.3. The molecule has 0 atom stereocenters. The van der Waals surface area contributed by atoms with Gasteiger partial charge in [-0.3, -0.25) is 4.79 Å². The lowest BCUT2D eigenvalue weighted by molar-refractivity contribution is 0.0992. The average molecular weight is 415 g/mol. The molecule has 0 aliphatic heterocycles. The number of ketones is 1. The van der Waals surface area contributed by atoms with E-state index in [1.54, 1.807) is 0 Å². The highest BCUT2D eigenvalue weighted by Crippen LogP contribution is 2.21. The molecule has 0 aliphatic carbocycles. The molecule has 0 saturated carbocycles. The molecule has 0 amide bonds. The van der Waals surface area contributed by atoms with Crippen LogP contribution in [0.25, 0.3) is 0 Å². The van der Waals surface area contributed by atoms with Crippen LogP contribution in [0.5, 0.6) is 0 Å². The zero-order valence-corrected chi connectivity index (χ0v) is 13.7. The van der Waals surface area contributed by atoms with Crippen molar-refractivity contribution in [3.05, 3.63) is 67.2 Å². The molecule has 0 aromatic heterocycles. The lowest BCUT2D eigenvalue weighted by Gasteiger charge is -2.05. The smallest absolute Gasteiger partial charge is 0.168 e. The van der Waals surface area contributed by atoms with Crippen LogP contribution in [0.15, 0.2) is 46.9 Å². The molecule has 0 spiro atoms. The van der Waals surface area contributed by atoms with E-state index in [1.807, 2.05) is 43.3 Å². The maximum Gasteiger partial charge on any atom is 0.168 e. The van der Waals surface area contributed by atoms with Gasteiger partial charge in [-0.05, 0) is 53.3 Å². The lowest BCUT2D eigenvalue weighted by Crippen LogP contribution is -2.05. The van der Waals surface area contributed by atoms with Crippen LogP contribution in [0.2, 0.25) is 0 Å². The molecule has 0 aliphatic rings. The van der Waals surface area contributed by atoms with Crippen LogP contribution in [-0.4, -0.2) is 5.78 Å². The second-order valence-electron chi connectivity index (χ2n) is 4.21. The Bertz CT molecular complexity index is 593. The van der Waals surface area contributed by atoms with Crippen LogP contribution in [0.1, 0.15) is 21.5 Å². The lowest BCUT2D eigenvalue weighted by atomic mass is 10.0. The van der Waals surface area contributed by atoms with Gasteiger partial charge >= 0.3 is 0 Å². The van der Waals surface area contributed by atoms with Crippen molar-refractivity contribution in [2.75, 3.05) is 0 Å². The normalized spacial score (nSPS) is 10.4. The Labute approximate surface area is 129 Å². The Hall–Kier alpha value is -0.680. The van der Waals surface area contributed by atoms with E-state index < -0.39 is 0 Å². The summed E-state index contributed by atoms with van der Waals surface area (Å²) in [6, 6.07) is 13.9. The molecule has 2 rings (SSSR count). The standard InChI is InChI=1S/C15H12BrIO/c1-10-3-2-4-11(7-10)8-15(18)13-9-12(17)5-6-14(13)16/h2-7,9H,8H2,1H3. The third kappa shape index (κ3) is 3.42. The highest BCUT2D eigenvalue weighted by atomic mass is 127. The minimum absolute atomic E-state index is 0.144. The van der Waals surface area contributed by atoms with Crippen LogP contribution < -0.4 is 0 Å². The first kappa shape index (κ1) is 13.7. The van der Waals surface area contributed by atoms with Gasteiger partial charge in [0.2, 0.25) is 0 Å².